The minimum Gasteiger partial charge on any atom is -0.311 e. The van der Waals surface area contributed by atoms with Gasteiger partial charge in [0.25, 0.3) is 0 Å². The van der Waals surface area contributed by atoms with E-state index in [1.807, 2.05) is 79.7 Å². The molecule has 0 spiro atoms. The zero-order valence-electron chi connectivity index (χ0n) is 19.3. The third-order valence-electron chi connectivity index (χ3n) is 4.82. The Morgan fingerprint density at radius 1 is 1.03 bits per heavy atom. The van der Waals surface area contributed by atoms with Gasteiger partial charge in [0.15, 0.2) is 0 Å². The molecule has 0 saturated heterocycles. The maximum atomic E-state index is 12.5. The molecule has 8 heteroatoms. The third-order valence-corrected chi connectivity index (χ3v) is 6.87. The van der Waals surface area contributed by atoms with Gasteiger partial charge in [-0.2, -0.15) is 10.2 Å². The number of aromatic nitrogens is 2. The Morgan fingerprint density at radius 3 is 2.57 bits per heavy atom. The molecule has 2 aromatic heterocycles. The average molecular weight is 500 g/mol. The van der Waals surface area contributed by atoms with E-state index in [-0.39, 0.29) is 5.91 Å². The normalized spacial score (nSPS) is 11.3. The van der Waals surface area contributed by atoms with Crippen LogP contribution >= 0.6 is 23.1 Å². The summed E-state index contributed by atoms with van der Waals surface area (Å²) >= 11 is 3.19. The number of thiazole rings is 1. The van der Waals surface area contributed by atoms with Gasteiger partial charge in [0.2, 0.25) is 5.91 Å². The summed E-state index contributed by atoms with van der Waals surface area (Å²) in [7, 11) is 0. The summed E-state index contributed by atoms with van der Waals surface area (Å²) in [5.41, 5.74) is 2.74. The van der Waals surface area contributed by atoms with E-state index < -0.39 is 0 Å². The summed E-state index contributed by atoms with van der Waals surface area (Å²) in [6, 6.07) is 23.8. The van der Waals surface area contributed by atoms with Crippen molar-refractivity contribution in [2.75, 3.05) is 11.1 Å². The second kappa shape index (κ2) is 12.7. The average Bonchev–Trinajstić information content (AvgIpc) is 3.32. The number of carbonyl (C=O) groups excluding carboxylic acids is 1. The van der Waals surface area contributed by atoms with Crippen LogP contribution in [0.15, 0.2) is 94.1 Å². The number of pyridine rings is 1. The van der Waals surface area contributed by atoms with Crippen LogP contribution in [0.4, 0.5) is 5.82 Å². The van der Waals surface area contributed by atoms with Gasteiger partial charge in [0.05, 0.1) is 16.8 Å². The number of rotatable bonds is 10. The SMILES string of the molecule is CC/C=N\N=C\c1sc(-c2ccnc(NC(=O)CCSc3ccccc3)c2)nc1-c1ccccc1. The Labute approximate surface area is 213 Å². The minimum absolute atomic E-state index is 0.0659. The standard InChI is InChI=1S/C27H25N5OS2/c1-2-15-29-30-19-23-26(20-9-5-3-6-10-20)32-27(35-23)21-13-16-28-24(18-21)31-25(33)14-17-34-22-11-7-4-8-12-22/h3-13,15-16,18-19H,2,14,17H2,1H3,(H,28,31,33)/b29-15-,30-19+. The van der Waals surface area contributed by atoms with Crippen LogP contribution in [-0.2, 0) is 4.79 Å². The van der Waals surface area contributed by atoms with Crippen LogP contribution in [0, 0.1) is 0 Å². The van der Waals surface area contributed by atoms with Gasteiger partial charge in [-0.05, 0) is 30.7 Å². The Hall–Kier alpha value is -3.62. The molecule has 0 aliphatic carbocycles. The number of thioether (sulfide) groups is 1. The number of nitrogens with one attached hydrogen (secondary N) is 1. The lowest BCUT2D eigenvalue weighted by atomic mass is 10.1. The zero-order chi connectivity index (χ0) is 24.3. The highest BCUT2D eigenvalue weighted by Crippen LogP contribution is 2.33. The van der Waals surface area contributed by atoms with E-state index in [0.717, 1.165) is 38.0 Å². The number of benzene rings is 2. The number of carbonyl (C=O) groups is 1. The molecule has 0 saturated carbocycles. The van der Waals surface area contributed by atoms with Crippen LogP contribution in [0.2, 0.25) is 0 Å². The molecule has 176 valence electrons. The van der Waals surface area contributed by atoms with E-state index in [0.29, 0.717) is 18.0 Å². The predicted octanol–water partition coefficient (Wildman–Crippen LogP) is 6.81. The Kier molecular flexibility index (Phi) is 8.91. The highest BCUT2D eigenvalue weighted by atomic mass is 32.2. The number of anilines is 1. The van der Waals surface area contributed by atoms with Gasteiger partial charge >= 0.3 is 0 Å². The van der Waals surface area contributed by atoms with Gasteiger partial charge < -0.3 is 5.32 Å². The molecule has 0 atom stereocenters. The molecule has 0 radical (unpaired) electrons. The maximum Gasteiger partial charge on any atom is 0.226 e. The van der Waals surface area contributed by atoms with Crippen molar-refractivity contribution < 1.29 is 4.79 Å². The van der Waals surface area contributed by atoms with Crippen LogP contribution in [0.25, 0.3) is 21.8 Å². The predicted molar refractivity (Wildman–Crippen MR) is 148 cm³/mol. The molecule has 0 unspecified atom stereocenters. The van der Waals surface area contributed by atoms with Crippen molar-refractivity contribution in [3.8, 4) is 21.8 Å². The van der Waals surface area contributed by atoms with E-state index >= 15 is 0 Å². The molecule has 0 aliphatic rings. The number of hydrogen-bond donors (Lipinski definition) is 1. The summed E-state index contributed by atoms with van der Waals surface area (Å²) in [6.07, 6.45) is 6.42. The molecule has 1 amide bonds. The van der Waals surface area contributed by atoms with Gasteiger partial charge in [0, 0.05) is 40.6 Å². The first-order valence-electron chi connectivity index (χ1n) is 11.3. The molecule has 35 heavy (non-hydrogen) atoms. The summed E-state index contributed by atoms with van der Waals surface area (Å²) in [5.74, 6) is 1.14. The van der Waals surface area contributed by atoms with Crippen LogP contribution in [0.3, 0.4) is 0 Å². The Bertz CT molecular complexity index is 1300. The lowest BCUT2D eigenvalue weighted by molar-refractivity contribution is -0.115. The fourth-order valence-electron chi connectivity index (χ4n) is 3.18. The quantitative estimate of drug-likeness (QED) is 0.148. The highest BCUT2D eigenvalue weighted by molar-refractivity contribution is 7.99. The Morgan fingerprint density at radius 2 is 1.80 bits per heavy atom. The molecular formula is C27H25N5OS2. The summed E-state index contributed by atoms with van der Waals surface area (Å²) in [5, 5.41) is 12.0. The molecule has 0 aliphatic heterocycles. The van der Waals surface area contributed by atoms with E-state index in [9.17, 15) is 4.79 Å². The second-order valence-electron chi connectivity index (χ2n) is 7.44. The van der Waals surface area contributed by atoms with Crippen LogP contribution < -0.4 is 5.32 Å². The largest absolute Gasteiger partial charge is 0.311 e. The third kappa shape index (κ3) is 7.18. The fraction of sp³-hybridized carbons (Fsp3) is 0.148. The molecule has 4 rings (SSSR count). The second-order valence-corrected chi connectivity index (χ2v) is 9.64. The van der Waals surface area contributed by atoms with Crippen molar-refractivity contribution in [3.63, 3.8) is 0 Å². The molecule has 1 N–H and O–H groups in total. The molecule has 6 nitrogen and oxygen atoms in total. The monoisotopic (exact) mass is 499 g/mol. The summed E-state index contributed by atoms with van der Waals surface area (Å²) in [6.45, 7) is 2.02. The van der Waals surface area contributed by atoms with Crippen molar-refractivity contribution in [1.82, 2.24) is 9.97 Å². The number of nitrogens with zero attached hydrogens (tertiary/aromatic N) is 4. The molecule has 0 fully saturated rings. The van der Waals surface area contributed by atoms with Crippen LogP contribution in [0.1, 0.15) is 24.6 Å². The molecule has 2 aromatic carbocycles. The van der Waals surface area contributed by atoms with Gasteiger partial charge in [0.1, 0.15) is 10.8 Å². The Balaban J connectivity index is 1.48. The number of amides is 1. The van der Waals surface area contributed by atoms with E-state index in [1.54, 1.807) is 30.4 Å². The summed E-state index contributed by atoms with van der Waals surface area (Å²) in [4.78, 5) is 23.7. The van der Waals surface area contributed by atoms with E-state index in [4.69, 9.17) is 4.98 Å². The first kappa shape index (κ1) is 24.5. The van der Waals surface area contributed by atoms with Crippen molar-refractivity contribution in [2.45, 2.75) is 24.7 Å². The van der Waals surface area contributed by atoms with Gasteiger partial charge in [-0.15, -0.1) is 23.1 Å². The fourth-order valence-corrected chi connectivity index (χ4v) is 5.00. The summed E-state index contributed by atoms with van der Waals surface area (Å²) < 4.78 is 0. The first-order valence-corrected chi connectivity index (χ1v) is 13.1. The number of hydrogen-bond acceptors (Lipinski definition) is 7. The van der Waals surface area contributed by atoms with Crippen molar-refractivity contribution in [2.24, 2.45) is 10.2 Å². The smallest absolute Gasteiger partial charge is 0.226 e. The molecule has 0 bridgehead atoms. The topological polar surface area (TPSA) is 79.6 Å². The highest BCUT2D eigenvalue weighted by Gasteiger charge is 2.14. The van der Waals surface area contributed by atoms with E-state index in [1.165, 1.54) is 11.3 Å². The molecular weight excluding hydrogens is 474 g/mol. The lowest BCUT2D eigenvalue weighted by Gasteiger charge is -2.06. The van der Waals surface area contributed by atoms with E-state index in [2.05, 4.69) is 20.5 Å². The first-order chi connectivity index (χ1) is 17.2. The van der Waals surface area contributed by atoms with Gasteiger partial charge in [-0.1, -0.05) is 55.5 Å². The van der Waals surface area contributed by atoms with Crippen LogP contribution in [-0.4, -0.2) is 34.1 Å². The van der Waals surface area contributed by atoms with Gasteiger partial charge in [-0.3, -0.25) is 4.79 Å². The zero-order valence-corrected chi connectivity index (χ0v) is 20.9. The van der Waals surface area contributed by atoms with Crippen molar-refractivity contribution in [1.29, 1.82) is 0 Å². The van der Waals surface area contributed by atoms with Crippen molar-refractivity contribution >= 4 is 47.3 Å². The maximum absolute atomic E-state index is 12.5. The lowest BCUT2D eigenvalue weighted by Crippen LogP contribution is -2.13. The van der Waals surface area contributed by atoms with Crippen LogP contribution in [0.5, 0.6) is 0 Å². The van der Waals surface area contributed by atoms with Crippen molar-refractivity contribution in [3.05, 3.63) is 83.9 Å². The minimum atomic E-state index is -0.0659. The molecule has 2 heterocycles. The molecule has 4 aromatic rings. The van der Waals surface area contributed by atoms with Gasteiger partial charge in [-0.25, -0.2) is 9.97 Å².